The number of imide groups is 1. The Hall–Kier alpha value is -2.25. The molecule has 0 N–H and O–H groups in total. The maximum Gasteiger partial charge on any atom is 0.308 e. The zero-order valence-electron chi connectivity index (χ0n) is 19.8. The number of aromatic nitrogens is 1. The van der Waals surface area contributed by atoms with E-state index in [1.54, 1.807) is 29.2 Å². The van der Waals surface area contributed by atoms with Crippen molar-refractivity contribution >= 4 is 78.4 Å². The first-order valence-corrected chi connectivity index (χ1v) is 15.3. The Balaban J connectivity index is 1.43. The molecule has 2 aromatic carbocycles. The van der Waals surface area contributed by atoms with Crippen molar-refractivity contribution in [3.05, 3.63) is 77.6 Å². The summed E-state index contributed by atoms with van der Waals surface area (Å²) in [6.45, 7) is 1.79. The molecule has 38 heavy (non-hydrogen) atoms. The molecule has 0 radical (unpaired) electrons. The molecule has 6 rings (SSSR count). The summed E-state index contributed by atoms with van der Waals surface area (Å²) in [5.74, 6) is -1.93. The van der Waals surface area contributed by atoms with Crippen LogP contribution >= 0.6 is 55.0 Å². The Morgan fingerprint density at radius 1 is 0.921 bits per heavy atom. The highest BCUT2D eigenvalue weighted by Crippen LogP contribution is 2.54. The first kappa shape index (κ1) is 26.0. The Bertz CT molecular complexity index is 1480. The van der Waals surface area contributed by atoms with Crippen LogP contribution in [0, 0.1) is 5.92 Å². The van der Waals surface area contributed by atoms with Gasteiger partial charge in [-0.3, -0.25) is 23.7 Å². The molecular formula is C26H21Br2N3O5S2. The van der Waals surface area contributed by atoms with Crippen molar-refractivity contribution in [1.29, 1.82) is 0 Å². The van der Waals surface area contributed by atoms with Crippen molar-refractivity contribution in [2.75, 3.05) is 31.2 Å². The Kier molecular flexibility index (Phi) is 7.10. The molecule has 4 heterocycles. The standard InChI is InChI=1S/C26H21Br2N3O5S2/c27-15-3-1-14(2-4-15)19-20-21(24(34)31(23(20)33)17-7-5-16(28)6-8-17)37-25-22(19)38-26(35)30(25)13-18(32)29-9-11-36-12-10-29/h1-8,19-21H,9-13H2/t19-,20-,21+/m0/s1. The van der Waals surface area contributed by atoms with Crippen molar-refractivity contribution in [1.82, 2.24) is 9.47 Å². The summed E-state index contributed by atoms with van der Waals surface area (Å²) in [5, 5.41) is -0.124. The molecule has 1 aromatic heterocycles. The van der Waals surface area contributed by atoms with E-state index in [0.717, 1.165) is 30.7 Å². The van der Waals surface area contributed by atoms with Crippen LogP contribution in [-0.2, 0) is 25.7 Å². The van der Waals surface area contributed by atoms with Crippen molar-refractivity contribution in [2.45, 2.75) is 22.7 Å². The van der Waals surface area contributed by atoms with E-state index in [2.05, 4.69) is 31.9 Å². The van der Waals surface area contributed by atoms with Crippen molar-refractivity contribution in [3.8, 4) is 0 Å². The van der Waals surface area contributed by atoms with Gasteiger partial charge >= 0.3 is 4.87 Å². The summed E-state index contributed by atoms with van der Waals surface area (Å²) in [5.41, 5.74) is 1.35. The number of rotatable bonds is 4. The van der Waals surface area contributed by atoms with Crippen molar-refractivity contribution in [2.24, 2.45) is 5.92 Å². The van der Waals surface area contributed by atoms with Crippen molar-refractivity contribution < 1.29 is 19.1 Å². The SMILES string of the molecule is O=C(Cn1c2c(sc1=O)[C@@H](c1ccc(Br)cc1)[C@@H]1C(=O)N(c3ccc(Br)cc3)C(=O)[C@@H]1S2)N1CCOCC1. The third kappa shape index (κ3) is 4.49. The number of carbonyl (C=O) groups excluding carboxylic acids is 3. The first-order chi connectivity index (χ1) is 18.3. The predicted octanol–water partition coefficient (Wildman–Crippen LogP) is 4.09. The monoisotopic (exact) mass is 677 g/mol. The van der Waals surface area contributed by atoms with Crippen LogP contribution in [-0.4, -0.2) is 58.7 Å². The van der Waals surface area contributed by atoms with Crippen LogP contribution in [0.2, 0.25) is 0 Å². The maximum absolute atomic E-state index is 13.9. The molecule has 3 atom stereocenters. The molecule has 0 bridgehead atoms. The molecule has 0 saturated carbocycles. The minimum absolute atomic E-state index is 0.110. The lowest BCUT2D eigenvalue weighted by molar-refractivity contribution is -0.136. The molecule has 2 fully saturated rings. The molecule has 8 nitrogen and oxygen atoms in total. The largest absolute Gasteiger partial charge is 0.378 e. The molecule has 0 unspecified atom stereocenters. The zero-order valence-corrected chi connectivity index (χ0v) is 24.6. The highest BCUT2D eigenvalue weighted by molar-refractivity contribution is 9.10. The van der Waals surface area contributed by atoms with Gasteiger partial charge in [-0.25, -0.2) is 4.90 Å². The van der Waals surface area contributed by atoms with E-state index in [0.29, 0.717) is 37.0 Å². The van der Waals surface area contributed by atoms with Gasteiger partial charge in [0.2, 0.25) is 17.7 Å². The minimum atomic E-state index is -0.717. The predicted molar refractivity (Wildman–Crippen MR) is 152 cm³/mol. The summed E-state index contributed by atoms with van der Waals surface area (Å²) >= 11 is 9.15. The van der Waals surface area contributed by atoms with Crippen LogP contribution in [0.4, 0.5) is 5.69 Å². The van der Waals surface area contributed by atoms with Crippen LogP contribution in [0.1, 0.15) is 16.4 Å². The van der Waals surface area contributed by atoms with E-state index >= 15 is 0 Å². The van der Waals surface area contributed by atoms with Gasteiger partial charge in [0.05, 0.1) is 29.8 Å². The molecule has 3 amide bonds. The lowest BCUT2D eigenvalue weighted by Gasteiger charge is -2.31. The molecule has 0 spiro atoms. The quantitative estimate of drug-likeness (QED) is 0.387. The number of hydrogen-bond acceptors (Lipinski definition) is 7. The lowest BCUT2D eigenvalue weighted by Crippen LogP contribution is -2.43. The maximum atomic E-state index is 13.9. The summed E-state index contributed by atoms with van der Waals surface area (Å²) < 4.78 is 8.55. The normalized spacial score (nSPS) is 22.9. The van der Waals surface area contributed by atoms with E-state index in [-0.39, 0.29) is 29.1 Å². The number of halogens is 2. The van der Waals surface area contributed by atoms with E-state index in [4.69, 9.17) is 4.74 Å². The molecule has 196 valence electrons. The number of carbonyl (C=O) groups is 3. The van der Waals surface area contributed by atoms with E-state index in [9.17, 15) is 19.2 Å². The smallest absolute Gasteiger partial charge is 0.308 e. The van der Waals surface area contributed by atoms with Gasteiger partial charge in [-0.1, -0.05) is 67.1 Å². The number of morpholine rings is 1. The number of anilines is 1. The minimum Gasteiger partial charge on any atom is -0.378 e. The Morgan fingerprint density at radius 2 is 1.55 bits per heavy atom. The molecule has 3 aliphatic rings. The van der Waals surface area contributed by atoms with Crippen LogP contribution in [0.3, 0.4) is 0 Å². The summed E-state index contributed by atoms with van der Waals surface area (Å²) in [4.78, 5) is 57.4. The van der Waals surface area contributed by atoms with Crippen LogP contribution < -0.4 is 9.77 Å². The second kappa shape index (κ2) is 10.4. The lowest BCUT2D eigenvalue weighted by atomic mass is 9.83. The van der Waals surface area contributed by atoms with Gasteiger partial charge in [0.1, 0.15) is 11.8 Å². The average Bonchev–Trinajstić information content (AvgIpc) is 3.36. The molecule has 2 saturated heterocycles. The number of ether oxygens (including phenoxy) is 1. The number of fused-ring (bicyclic) bond motifs is 2. The summed E-state index contributed by atoms with van der Waals surface area (Å²) in [7, 11) is 0. The number of amides is 3. The second-order valence-electron chi connectivity index (χ2n) is 9.20. The van der Waals surface area contributed by atoms with Gasteiger partial charge in [0.15, 0.2) is 0 Å². The van der Waals surface area contributed by atoms with Gasteiger partial charge in [-0.05, 0) is 42.0 Å². The molecule has 3 aliphatic heterocycles. The fraction of sp³-hybridized carbons (Fsp3) is 0.308. The van der Waals surface area contributed by atoms with Gasteiger partial charge in [-0.15, -0.1) is 0 Å². The number of thioether (sulfide) groups is 1. The van der Waals surface area contributed by atoms with Gasteiger partial charge in [0.25, 0.3) is 0 Å². The van der Waals surface area contributed by atoms with E-state index < -0.39 is 17.1 Å². The molecule has 3 aromatic rings. The van der Waals surface area contributed by atoms with Gasteiger partial charge in [-0.2, -0.15) is 0 Å². The number of thiazole rings is 1. The third-order valence-corrected chi connectivity index (χ3v) is 10.7. The molecule has 0 aliphatic carbocycles. The van der Waals surface area contributed by atoms with E-state index in [1.807, 2.05) is 24.3 Å². The van der Waals surface area contributed by atoms with Gasteiger partial charge < -0.3 is 9.64 Å². The van der Waals surface area contributed by atoms with Crippen LogP contribution in [0.5, 0.6) is 0 Å². The van der Waals surface area contributed by atoms with Crippen LogP contribution in [0.15, 0.2) is 67.3 Å². The average molecular weight is 679 g/mol. The Morgan fingerprint density at radius 3 is 2.21 bits per heavy atom. The molecular weight excluding hydrogens is 658 g/mol. The topological polar surface area (TPSA) is 88.9 Å². The van der Waals surface area contributed by atoms with E-state index in [1.165, 1.54) is 21.2 Å². The molecule has 12 heteroatoms. The van der Waals surface area contributed by atoms with Crippen LogP contribution in [0.25, 0.3) is 0 Å². The highest BCUT2D eigenvalue weighted by atomic mass is 79.9. The summed E-state index contributed by atoms with van der Waals surface area (Å²) in [6, 6.07) is 14.7. The zero-order chi connectivity index (χ0) is 26.6. The fourth-order valence-corrected chi connectivity index (χ4v) is 8.48. The second-order valence-corrected chi connectivity index (χ2v) is 13.2. The number of benzene rings is 2. The van der Waals surface area contributed by atoms with Crippen molar-refractivity contribution in [3.63, 3.8) is 0 Å². The Labute approximate surface area is 243 Å². The number of nitrogens with zero attached hydrogens (tertiary/aromatic N) is 3. The third-order valence-electron chi connectivity index (χ3n) is 7.02. The number of hydrogen-bond donors (Lipinski definition) is 0. The van der Waals surface area contributed by atoms with Gasteiger partial charge in [0, 0.05) is 32.8 Å². The fourth-order valence-electron chi connectivity index (χ4n) is 5.18. The summed E-state index contributed by atoms with van der Waals surface area (Å²) in [6.07, 6.45) is 0. The highest BCUT2D eigenvalue weighted by Gasteiger charge is 2.56. The first-order valence-electron chi connectivity index (χ1n) is 12.0.